The van der Waals surface area contributed by atoms with E-state index in [2.05, 4.69) is 22.4 Å². The number of aromatic nitrogens is 1. The van der Waals surface area contributed by atoms with Crippen molar-refractivity contribution < 1.29 is 9.59 Å². The summed E-state index contributed by atoms with van der Waals surface area (Å²) in [4.78, 5) is 29.0. The van der Waals surface area contributed by atoms with E-state index in [-0.39, 0.29) is 12.3 Å². The lowest BCUT2D eigenvalue weighted by molar-refractivity contribution is -0.121. The van der Waals surface area contributed by atoms with Gasteiger partial charge in [-0.1, -0.05) is 48.0 Å². The molecule has 0 aliphatic carbocycles. The normalized spacial score (nSPS) is 10.4. The van der Waals surface area contributed by atoms with Crippen molar-refractivity contribution in [3.05, 3.63) is 77.8 Å². The molecule has 27 heavy (non-hydrogen) atoms. The van der Waals surface area contributed by atoms with Crippen molar-refractivity contribution in [2.45, 2.75) is 12.8 Å². The molecule has 0 aliphatic rings. The molecule has 5 nitrogen and oxygen atoms in total. The van der Waals surface area contributed by atoms with Gasteiger partial charge in [0.15, 0.2) is 0 Å². The minimum atomic E-state index is -0.407. The lowest BCUT2D eigenvalue weighted by atomic mass is 10.0. The van der Waals surface area contributed by atoms with Gasteiger partial charge in [0.2, 0.25) is 5.91 Å². The average molecular weight is 380 g/mol. The first-order valence-corrected chi connectivity index (χ1v) is 8.82. The predicted molar refractivity (Wildman–Crippen MR) is 107 cm³/mol. The van der Waals surface area contributed by atoms with Crippen LogP contribution in [-0.2, 0) is 4.79 Å². The van der Waals surface area contributed by atoms with Gasteiger partial charge in [0.25, 0.3) is 5.91 Å². The zero-order valence-corrected chi connectivity index (χ0v) is 15.3. The Balaban J connectivity index is 1.93. The molecule has 2 aromatic carbocycles. The van der Waals surface area contributed by atoms with Crippen molar-refractivity contribution in [3.8, 4) is 11.3 Å². The fourth-order valence-corrected chi connectivity index (χ4v) is 2.75. The fraction of sp³-hybridized carbons (Fsp3) is 0.0952. The van der Waals surface area contributed by atoms with Crippen LogP contribution in [0.2, 0.25) is 5.02 Å². The Bertz CT molecular complexity index is 1000. The fourth-order valence-electron chi connectivity index (χ4n) is 2.62. The van der Waals surface area contributed by atoms with E-state index < -0.39 is 5.91 Å². The Labute approximate surface area is 162 Å². The molecular weight excluding hydrogens is 362 g/mol. The molecule has 1 heterocycles. The maximum Gasteiger partial charge on any atom is 0.270 e. The second-order valence-electron chi connectivity index (χ2n) is 5.91. The van der Waals surface area contributed by atoms with E-state index in [1.54, 1.807) is 24.3 Å². The number of nitrogens with one attached hydrogen (secondary N) is 2. The number of carbonyl (C=O) groups is 2. The van der Waals surface area contributed by atoms with E-state index in [1.807, 2.05) is 36.4 Å². The van der Waals surface area contributed by atoms with Gasteiger partial charge < -0.3 is 0 Å². The Morgan fingerprint density at radius 3 is 2.56 bits per heavy atom. The van der Waals surface area contributed by atoms with E-state index in [1.165, 1.54) is 0 Å². The highest BCUT2D eigenvalue weighted by Crippen LogP contribution is 2.25. The molecule has 0 bridgehead atoms. The summed E-state index contributed by atoms with van der Waals surface area (Å²) in [5.74, 6) is -0.685. The van der Waals surface area contributed by atoms with Gasteiger partial charge in [0.1, 0.15) is 0 Å². The van der Waals surface area contributed by atoms with Crippen molar-refractivity contribution in [2.75, 3.05) is 0 Å². The van der Waals surface area contributed by atoms with Crippen LogP contribution in [0.5, 0.6) is 0 Å². The Kier molecular flexibility index (Phi) is 5.84. The van der Waals surface area contributed by atoms with Crippen LogP contribution in [0.1, 0.15) is 23.2 Å². The first kappa shape index (κ1) is 18.6. The van der Waals surface area contributed by atoms with E-state index in [4.69, 9.17) is 11.6 Å². The van der Waals surface area contributed by atoms with Crippen molar-refractivity contribution in [3.63, 3.8) is 0 Å². The van der Waals surface area contributed by atoms with Crippen molar-refractivity contribution in [2.24, 2.45) is 0 Å². The molecule has 0 aliphatic heterocycles. The van der Waals surface area contributed by atoms with E-state index >= 15 is 0 Å². The number of rotatable bonds is 5. The van der Waals surface area contributed by atoms with Crippen LogP contribution in [-0.4, -0.2) is 16.8 Å². The van der Waals surface area contributed by atoms with E-state index in [9.17, 15) is 9.59 Å². The first-order chi connectivity index (χ1) is 13.1. The van der Waals surface area contributed by atoms with Crippen LogP contribution in [0.3, 0.4) is 0 Å². The molecule has 3 aromatic rings. The molecule has 0 atom stereocenters. The third-order valence-electron chi connectivity index (χ3n) is 3.99. The molecule has 6 heteroatoms. The van der Waals surface area contributed by atoms with Gasteiger partial charge in [-0.3, -0.25) is 20.4 Å². The number of para-hydroxylation sites is 1. The van der Waals surface area contributed by atoms with Crippen LogP contribution in [0.15, 0.2) is 67.3 Å². The number of benzene rings is 2. The predicted octanol–water partition coefficient (Wildman–Crippen LogP) is 4.28. The molecule has 2 amide bonds. The average Bonchev–Trinajstić information content (AvgIpc) is 2.70. The maximum absolute atomic E-state index is 12.7. The Morgan fingerprint density at radius 1 is 1.07 bits per heavy atom. The van der Waals surface area contributed by atoms with Gasteiger partial charge in [-0.05, 0) is 30.7 Å². The van der Waals surface area contributed by atoms with Gasteiger partial charge in [-0.2, -0.15) is 0 Å². The van der Waals surface area contributed by atoms with Crippen molar-refractivity contribution in [1.82, 2.24) is 15.8 Å². The van der Waals surface area contributed by atoms with Gasteiger partial charge in [-0.25, -0.2) is 4.98 Å². The topological polar surface area (TPSA) is 71.1 Å². The highest BCUT2D eigenvalue weighted by molar-refractivity contribution is 6.30. The lowest BCUT2D eigenvalue weighted by Crippen LogP contribution is -2.41. The molecule has 0 fully saturated rings. The summed E-state index contributed by atoms with van der Waals surface area (Å²) in [6.07, 6.45) is 2.45. The zero-order chi connectivity index (χ0) is 19.2. The Hall–Kier alpha value is -3.18. The summed E-state index contributed by atoms with van der Waals surface area (Å²) in [5.41, 5.74) is 7.49. The standard InChI is InChI=1S/C21H18ClN3O2/c1-2-3-8-20(26)24-25-21(27)17-13-19(14-9-11-15(22)12-10-14)23-18-7-5-4-6-16(17)18/h2,4-7,9-13H,1,3,8H2,(H,24,26)(H,25,27). The summed E-state index contributed by atoms with van der Waals surface area (Å²) < 4.78 is 0. The largest absolute Gasteiger partial charge is 0.273 e. The van der Waals surface area contributed by atoms with Crippen LogP contribution in [0.25, 0.3) is 22.2 Å². The van der Waals surface area contributed by atoms with Crippen LogP contribution in [0.4, 0.5) is 0 Å². The third-order valence-corrected chi connectivity index (χ3v) is 4.24. The number of amides is 2. The van der Waals surface area contributed by atoms with Crippen LogP contribution >= 0.6 is 11.6 Å². The first-order valence-electron chi connectivity index (χ1n) is 8.44. The Morgan fingerprint density at radius 2 is 1.81 bits per heavy atom. The van der Waals surface area contributed by atoms with Gasteiger partial charge >= 0.3 is 0 Å². The molecule has 0 saturated carbocycles. The molecule has 0 unspecified atom stereocenters. The SMILES string of the molecule is C=CCCC(=O)NNC(=O)c1cc(-c2ccc(Cl)cc2)nc2ccccc12. The van der Waals surface area contributed by atoms with Crippen molar-refractivity contribution >= 4 is 34.3 Å². The number of fused-ring (bicyclic) bond motifs is 1. The minimum Gasteiger partial charge on any atom is -0.273 e. The highest BCUT2D eigenvalue weighted by atomic mass is 35.5. The summed E-state index contributed by atoms with van der Waals surface area (Å²) in [6.45, 7) is 3.57. The zero-order valence-electron chi connectivity index (χ0n) is 14.5. The van der Waals surface area contributed by atoms with Crippen LogP contribution < -0.4 is 10.9 Å². The van der Waals surface area contributed by atoms with Gasteiger partial charge in [0, 0.05) is 22.4 Å². The van der Waals surface area contributed by atoms with E-state index in [0.29, 0.717) is 33.6 Å². The smallest absolute Gasteiger partial charge is 0.270 e. The third kappa shape index (κ3) is 4.51. The minimum absolute atomic E-state index is 0.261. The lowest BCUT2D eigenvalue weighted by Gasteiger charge is -2.11. The number of hydrogen-bond acceptors (Lipinski definition) is 3. The quantitative estimate of drug-likeness (QED) is 0.513. The van der Waals surface area contributed by atoms with Gasteiger partial charge in [0.05, 0.1) is 16.8 Å². The molecule has 3 rings (SSSR count). The second-order valence-corrected chi connectivity index (χ2v) is 6.35. The molecule has 2 N–H and O–H groups in total. The number of allylic oxidation sites excluding steroid dienone is 1. The second kappa shape index (κ2) is 8.47. The molecular formula is C21H18ClN3O2. The highest BCUT2D eigenvalue weighted by Gasteiger charge is 2.14. The summed E-state index contributed by atoms with van der Waals surface area (Å²) >= 11 is 5.95. The summed E-state index contributed by atoms with van der Waals surface area (Å²) in [5, 5.41) is 1.33. The van der Waals surface area contributed by atoms with Crippen LogP contribution in [0, 0.1) is 0 Å². The molecule has 0 spiro atoms. The number of hydrazine groups is 1. The number of hydrogen-bond donors (Lipinski definition) is 2. The molecule has 0 radical (unpaired) electrons. The molecule has 0 saturated heterocycles. The monoisotopic (exact) mass is 379 g/mol. The number of halogens is 1. The van der Waals surface area contributed by atoms with Crippen molar-refractivity contribution in [1.29, 1.82) is 0 Å². The maximum atomic E-state index is 12.7. The number of nitrogens with zero attached hydrogens (tertiary/aromatic N) is 1. The summed E-state index contributed by atoms with van der Waals surface area (Å²) in [7, 11) is 0. The van der Waals surface area contributed by atoms with Gasteiger partial charge in [-0.15, -0.1) is 6.58 Å². The summed E-state index contributed by atoms with van der Waals surface area (Å²) in [6, 6.07) is 16.3. The molecule has 136 valence electrons. The number of carbonyl (C=O) groups excluding carboxylic acids is 2. The van der Waals surface area contributed by atoms with E-state index in [0.717, 1.165) is 5.56 Å². The molecule has 1 aromatic heterocycles. The number of pyridine rings is 1.